The van der Waals surface area contributed by atoms with E-state index in [2.05, 4.69) is 38.4 Å². The van der Waals surface area contributed by atoms with E-state index in [1.165, 1.54) is 9.17 Å². The molecule has 1 nitrogen and oxygen atoms in total. The number of hydrogen-bond acceptors (Lipinski definition) is 0. The third kappa shape index (κ3) is 1.28. The summed E-state index contributed by atoms with van der Waals surface area (Å²) in [7, 11) is 11.0. The topological polar surface area (TPSA) is 0 Å². The summed E-state index contributed by atoms with van der Waals surface area (Å²) < 4.78 is 2.52. The summed E-state index contributed by atoms with van der Waals surface area (Å²) in [6.45, 7) is 1.13. The van der Waals surface area contributed by atoms with Crippen LogP contribution in [0.2, 0.25) is 0 Å². The van der Waals surface area contributed by atoms with E-state index in [4.69, 9.17) is 8.96 Å². The minimum absolute atomic E-state index is 1.05. The van der Waals surface area contributed by atoms with Crippen molar-refractivity contribution >= 4 is 31.3 Å². The molecule has 0 bridgehead atoms. The summed E-state index contributed by atoms with van der Waals surface area (Å²) in [4.78, 5) is 0. The van der Waals surface area contributed by atoms with Crippen LogP contribution in [0.4, 0.5) is 0 Å². The molecule has 12 heavy (non-hydrogen) atoms. The van der Waals surface area contributed by atoms with E-state index >= 15 is 0 Å². The van der Waals surface area contributed by atoms with Crippen molar-refractivity contribution in [2.24, 2.45) is 0 Å². The Labute approximate surface area is 84.3 Å². The molecule has 1 aromatic carbocycles. The van der Waals surface area contributed by atoms with E-state index in [1.54, 1.807) is 0 Å². The zero-order chi connectivity index (χ0) is 8.77. The normalized spacial score (nSPS) is 28.4. The number of hydrogen-bond donors (Lipinski definition) is 0. The monoisotopic (exact) mass is 300 g/mol. The molecule has 1 aromatic rings. The Morgan fingerprint density at radius 2 is 2.00 bits per heavy atom. The number of rotatable bonds is 0. The van der Waals surface area contributed by atoms with Gasteiger partial charge in [0.2, 0.25) is 0 Å². The van der Waals surface area contributed by atoms with E-state index in [-0.39, 0.29) is 0 Å². The average Bonchev–Trinajstić information content (AvgIpc) is 2.24. The van der Waals surface area contributed by atoms with Crippen molar-refractivity contribution in [3.63, 3.8) is 0 Å². The van der Waals surface area contributed by atoms with Gasteiger partial charge < -0.3 is 0 Å². The summed E-state index contributed by atoms with van der Waals surface area (Å²) in [5.41, 5.74) is 1.47. The van der Waals surface area contributed by atoms with Gasteiger partial charge in [0.25, 0.3) is 0 Å². The van der Waals surface area contributed by atoms with E-state index in [0.717, 1.165) is 9.28 Å². The Morgan fingerprint density at radius 3 is 2.67 bits per heavy atom. The first-order valence-electron chi connectivity index (χ1n) is 3.98. The first-order chi connectivity index (χ1) is 5.61. The van der Waals surface area contributed by atoms with Gasteiger partial charge in [0.1, 0.15) is 0 Å². The SMILES string of the molecule is C[N+]1(C)Cc2ccccc2[TeH]1Cl. The molecule has 0 aliphatic carbocycles. The fourth-order valence-electron chi connectivity index (χ4n) is 1.60. The summed E-state index contributed by atoms with van der Waals surface area (Å²) in [6, 6.07) is 8.62. The quantitative estimate of drug-likeness (QED) is 0.626. The van der Waals surface area contributed by atoms with Crippen LogP contribution in [0.5, 0.6) is 0 Å². The summed E-state index contributed by atoms with van der Waals surface area (Å²) in [5.74, 6) is 0. The molecule has 0 radical (unpaired) electrons. The number of halogens is 1. The predicted octanol–water partition coefficient (Wildman–Crippen LogP) is 0.943. The van der Waals surface area contributed by atoms with Crippen molar-refractivity contribution in [1.29, 1.82) is 0 Å². The average molecular weight is 298 g/mol. The number of quaternary nitrogens is 1. The Morgan fingerprint density at radius 1 is 1.33 bits per heavy atom. The van der Waals surface area contributed by atoms with Crippen LogP contribution >= 0.6 is 8.96 Å². The van der Waals surface area contributed by atoms with Gasteiger partial charge in [0.05, 0.1) is 0 Å². The molecule has 0 saturated carbocycles. The second-order valence-electron chi connectivity index (χ2n) is 3.67. The van der Waals surface area contributed by atoms with Gasteiger partial charge in [-0.2, -0.15) is 0 Å². The van der Waals surface area contributed by atoms with Crippen molar-refractivity contribution in [3.8, 4) is 0 Å². The van der Waals surface area contributed by atoms with Crippen molar-refractivity contribution < 1.29 is 2.73 Å². The first kappa shape index (κ1) is 8.84. The van der Waals surface area contributed by atoms with Crippen molar-refractivity contribution in [1.82, 2.24) is 0 Å². The van der Waals surface area contributed by atoms with Gasteiger partial charge in [0.15, 0.2) is 0 Å². The maximum absolute atomic E-state index is 6.49. The zero-order valence-corrected chi connectivity index (χ0v) is 10.6. The van der Waals surface area contributed by atoms with Crippen LogP contribution in [0.15, 0.2) is 24.3 Å². The van der Waals surface area contributed by atoms with Crippen LogP contribution in [-0.4, -0.2) is 35.5 Å². The standard InChI is InChI=1S/C9H13ClNTe/c1-11(2)7-8-5-3-4-6-9(8)12(11)10/h3-6,12H,7H2,1-2H3/q+1. The Hall–Kier alpha value is 0.260. The molecule has 0 amide bonds. The predicted molar refractivity (Wildman–Crippen MR) is 54.9 cm³/mol. The first-order valence-corrected chi connectivity index (χ1v) is 9.63. The zero-order valence-electron chi connectivity index (χ0n) is 7.29. The molecule has 1 atom stereocenters. The van der Waals surface area contributed by atoms with Gasteiger partial charge in [-0.25, -0.2) is 0 Å². The molecule has 2 rings (SSSR count). The van der Waals surface area contributed by atoms with E-state index in [9.17, 15) is 0 Å². The van der Waals surface area contributed by atoms with Crippen molar-refractivity contribution in [2.75, 3.05) is 14.1 Å². The number of fused-ring (bicyclic) bond motifs is 1. The van der Waals surface area contributed by atoms with Gasteiger partial charge in [-0.3, -0.25) is 0 Å². The van der Waals surface area contributed by atoms with Crippen LogP contribution in [0.3, 0.4) is 0 Å². The molecule has 1 aliphatic rings. The minimum atomic E-state index is -1.69. The molecular formula is C9H13ClNTe+. The molecule has 3 heteroatoms. The van der Waals surface area contributed by atoms with Gasteiger partial charge in [-0.15, -0.1) is 0 Å². The third-order valence-electron chi connectivity index (χ3n) is 2.22. The molecule has 0 fully saturated rings. The van der Waals surface area contributed by atoms with Crippen LogP contribution in [-0.2, 0) is 6.54 Å². The molecule has 0 aromatic heterocycles. The molecule has 0 N–H and O–H groups in total. The molecule has 1 heterocycles. The molecule has 0 saturated heterocycles. The fourth-order valence-corrected chi connectivity index (χ4v) is 7.20. The second kappa shape index (κ2) is 2.89. The summed E-state index contributed by atoms with van der Waals surface area (Å²) in [5, 5.41) is 0. The van der Waals surface area contributed by atoms with Gasteiger partial charge in [-0.1, -0.05) is 0 Å². The fraction of sp³-hybridized carbons (Fsp3) is 0.333. The van der Waals surface area contributed by atoms with Crippen molar-refractivity contribution in [2.45, 2.75) is 6.54 Å². The van der Waals surface area contributed by atoms with Crippen LogP contribution < -0.4 is 3.61 Å². The van der Waals surface area contributed by atoms with Crippen molar-refractivity contribution in [3.05, 3.63) is 29.8 Å². The van der Waals surface area contributed by atoms with Gasteiger partial charge in [0, 0.05) is 0 Å². The van der Waals surface area contributed by atoms with E-state index in [1.807, 2.05) is 0 Å². The number of benzene rings is 1. The number of nitrogens with zero attached hydrogens (tertiary/aromatic N) is 1. The van der Waals surface area contributed by atoms with E-state index < -0.39 is 18.7 Å². The van der Waals surface area contributed by atoms with Gasteiger partial charge in [-0.05, 0) is 0 Å². The van der Waals surface area contributed by atoms with E-state index in [0.29, 0.717) is 0 Å². The summed E-state index contributed by atoms with van der Waals surface area (Å²) in [6.07, 6.45) is 0. The maximum atomic E-state index is 6.49. The Bertz CT molecular complexity index is 311. The van der Waals surface area contributed by atoms with Gasteiger partial charge >= 0.3 is 84.5 Å². The molecule has 66 valence electrons. The molecule has 0 spiro atoms. The molecule has 1 aliphatic heterocycles. The second-order valence-corrected chi connectivity index (χ2v) is 11.8. The molecular weight excluding hydrogens is 285 g/mol. The Balaban J connectivity index is 2.49. The van der Waals surface area contributed by atoms with Crippen LogP contribution in [0.25, 0.3) is 0 Å². The third-order valence-corrected chi connectivity index (χ3v) is 11.7. The molecule has 1 unspecified atom stereocenters. The van der Waals surface area contributed by atoms with Crippen LogP contribution in [0, 0.1) is 0 Å². The summed E-state index contributed by atoms with van der Waals surface area (Å²) >= 11 is -1.69. The van der Waals surface area contributed by atoms with Crippen LogP contribution in [0.1, 0.15) is 5.56 Å². The Kier molecular flexibility index (Phi) is 2.13.